The fraction of sp³-hybridized carbons (Fsp3) is 0.409. The number of ketones is 1. The van der Waals surface area contributed by atoms with Crippen molar-refractivity contribution in [2.45, 2.75) is 40.0 Å². The normalized spacial score (nSPS) is 10.9. The number of ether oxygens (including phenoxy) is 2. The standard InChI is InChI=1S/C22H26F2O4/c1-14(2)18(25)13-16-9-10-19(15(3)22(16)26)27-11-4-5-12-28-20-8-6-7-17(23)21(20)24/h6-10,14,26H,4-5,11-13H2,1-3H3. The zero-order chi connectivity index (χ0) is 20.7. The Hall–Kier alpha value is -2.63. The summed E-state index contributed by atoms with van der Waals surface area (Å²) in [5, 5.41) is 10.3. The van der Waals surface area contributed by atoms with Crippen molar-refractivity contribution in [1.82, 2.24) is 0 Å². The summed E-state index contributed by atoms with van der Waals surface area (Å²) in [5.74, 6) is -1.41. The topological polar surface area (TPSA) is 55.8 Å². The third-order valence-corrected chi connectivity index (χ3v) is 4.44. The van der Waals surface area contributed by atoms with E-state index in [1.807, 2.05) is 13.8 Å². The predicted octanol–water partition coefficient (Wildman–Crippen LogP) is 4.98. The Morgan fingerprint density at radius 2 is 1.68 bits per heavy atom. The third-order valence-electron chi connectivity index (χ3n) is 4.44. The zero-order valence-corrected chi connectivity index (χ0v) is 16.4. The molecule has 0 saturated heterocycles. The van der Waals surface area contributed by atoms with E-state index in [0.29, 0.717) is 36.3 Å². The number of unbranched alkanes of at least 4 members (excludes halogenated alkanes) is 1. The van der Waals surface area contributed by atoms with Crippen LogP contribution in [0.2, 0.25) is 0 Å². The van der Waals surface area contributed by atoms with E-state index in [1.165, 1.54) is 12.1 Å². The molecule has 0 spiro atoms. The molecule has 0 aromatic heterocycles. The van der Waals surface area contributed by atoms with Gasteiger partial charge in [-0.1, -0.05) is 26.0 Å². The second kappa shape index (κ2) is 10.1. The first kappa shape index (κ1) is 21.7. The predicted molar refractivity (Wildman–Crippen MR) is 103 cm³/mol. The molecule has 0 aliphatic carbocycles. The van der Waals surface area contributed by atoms with Crippen LogP contribution in [0.4, 0.5) is 8.78 Å². The number of benzene rings is 2. The fourth-order valence-electron chi connectivity index (χ4n) is 2.59. The van der Waals surface area contributed by atoms with Crippen molar-refractivity contribution in [3.63, 3.8) is 0 Å². The maximum absolute atomic E-state index is 13.5. The summed E-state index contributed by atoms with van der Waals surface area (Å²) in [6, 6.07) is 7.26. The summed E-state index contributed by atoms with van der Waals surface area (Å²) < 4.78 is 37.5. The van der Waals surface area contributed by atoms with Crippen LogP contribution < -0.4 is 9.47 Å². The van der Waals surface area contributed by atoms with Crippen molar-refractivity contribution < 1.29 is 28.2 Å². The first-order chi connectivity index (χ1) is 13.3. The number of carbonyl (C=O) groups is 1. The molecule has 28 heavy (non-hydrogen) atoms. The number of rotatable bonds is 10. The first-order valence-corrected chi connectivity index (χ1v) is 9.35. The highest BCUT2D eigenvalue weighted by Gasteiger charge is 2.15. The Kier molecular flexibility index (Phi) is 7.79. The first-order valence-electron chi connectivity index (χ1n) is 9.35. The van der Waals surface area contributed by atoms with E-state index in [0.717, 1.165) is 6.07 Å². The molecular formula is C22H26F2O4. The minimum absolute atomic E-state index is 0.0677. The van der Waals surface area contributed by atoms with Crippen LogP contribution in [0.25, 0.3) is 0 Å². The number of aromatic hydroxyl groups is 1. The largest absolute Gasteiger partial charge is 0.507 e. The summed E-state index contributed by atoms with van der Waals surface area (Å²) in [6.45, 7) is 6.03. The molecule has 2 aromatic rings. The molecule has 0 fully saturated rings. The lowest BCUT2D eigenvalue weighted by Crippen LogP contribution is -2.10. The molecule has 152 valence electrons. The molecule has 1 N–H and O–H groups in total. The van der Waals surface area contributed by atoms with Crippen LogP contribution in [0, 0.1) is 24.5 Å². The lowest BCUT2D eigenvalue weighted by molar-refractivity contribution is -0.121. The molecule has 0 heterocycles. The third kappa shape index (κ3) is 5.68. The van der Waals surface area contributed by atoms with Gasteiger partial charge < -0.3 is 14.6 Å². The van der Waals surface area contributed by atoms with Gasteiger partial charge in [-0.2, -0.15) is 4.39 Å². The molecule has 2 rings (SSSR count). The van der Waals surface area contributed by atoms with Gasteiger partial charge in [-0.05, 0) is 38.0 Å². The van der Waals surface area contributed by atoms with E-state index in [-0.39, 0.29) is 36.2 Å². The maximum Gasteiger partial charge on any atom is 0.200 e. The minimum Gasteiger partial charge on any atom is -0.507 e. The van der Waals surface area contributed by atoms with Gasteiger partial charge in [-0.3, -0.25) is 4.79 Å². The number of hydrogen-bond donors (Lipinski definition) is 1. The van der Waals surface area contributed by atoms with Crippen molar-refractivity contribution in [2.75, 3.05) is 13.2 Å². The van der Waals surface area contributed by atoms with E-state index in [4.69, 9.17) is 9.47 Å². The number of phenols is 1. The summed E-state index contributed by atoms with van der Waals surface area (Å²) in [6.07, 6.45) is 1.44. The number of Topliss-reactive ketones (excluding diaryl/α,β-unsaturated/α-hetero) is 1. The molecule has 0 atom stereocenters. The Balaban J connectivity index is 1.79. The fourth-order valence-corrected chi connectivity index (χ4v) is 2.59. The molecule has 0 aliphatic rings. The lowest BCUT2D eigenvalue weighted by Gasteiger charge is -2.14. The van der Waals surface area contributed by atoms with Crippen LogP contribution in [-0.4, -0.2) is 24.1 Å². The Morgan fingerprint density at radius 1 is 1.04 bits per heavy atom. The summed E-state index contributed by atoms with van der Waals surface area (Å²) in [5.41, 5.74) is 1.18. The van der Waals surface area contributed by atoms with Gasteiger partial charge in [0.15, 0.2) is 11.6 Å². The number of hydrogen-bond acceptors (Lipinski definition) is 4. The number of phenolic OH excluding ortho intramolecular Hbond substituents is 1. The van der Waals surface area contributed by atoms with Gasteiger partial charge in [0.25, 0.3) is 0 Å². The maximum atomic E-state index is 13.5. The van der Waals surface area contributed by atoms with E-state index in [1.54, 1.807) is 19.1 Å². The van der Waals surface area contributed by atoms with E-state index >= 15 is 0 Å². The number of halogens is 2. The van der Waals surface area contributed by atoms with Gasteiger partial charge in [-0.25, -0.2) is 4.39 Å². The zero-order valence-electron chi connectivity index (χ0n) is 16.4. The highest BCUT2D eigenvalue weighted by molar-refractivity contribution is 5.83. The molecule has 6 heteroatoms. The Labute approximate surface area is 164 Å². The van der Waals surface area contributed by atoms with Crippen LogP contribution in [0.15, 0.2) is 30.3 Å². The summed E-state index contributed by atoms with van der Waals surface area (Å²) in [7, 11) is 0. The molecule has 0 saturated carbocycles. The van der Waals surface area contributed by atoms with Crippen LogP contribution in [0.1, 0.15) is 37.8 Å². The van der Waals surface area contributed by atoms with Crippen molar-refractivity contribution in [1.29, 1.82) is 0 Å². The van der Waals surface area contributed by atoms with Crippen LogP contribution >= 0.6 is 0 Å². The highest BCUT2D eigenvalue weighted by atomic mass is 19.2. The van der Waals surface area contributed by atoms with Gasteiger partial charge in [0.1, 0.15) is 17.3 Å². The smallest absolute Gasteiger partial charge is 0.200 e. The van der Waals surface area contributed by atoms with Gasteiger partial charge in [0.05, 0.1) is 13.2 Å². The van der Waals surface area contributed by atoms with Crippen LogP contribution in [0.3, 0.4) is 0 Å². The van der Waals surface area contributed by atoms with Crippen molar-refractivity contribution in [3.8, 4) is 17.2 Å². The van der Waals surface area contributed by atoms with Gasteiger partial charge >= 0.3 is 0 Å². The summed E-state index contributed by atoms with van der Waals surface area (Å²) in [4.78, 5) is 11.9. The lowest BCUT2D eigenvalue weighted by atomic mass is 9.98. The van der Waals surface area contributed by atoms with Gasteiger partial charge in [-0.15, -0.1) is 0 Å². The molecule has 0 bridgehead atoms. The molecule has 4 nitrogen and oxygen atoms in total. The summed E-state index contributed by atoms with van der Waals surface area (Å²) >= 11 is 0. The molecule has 2 aromatic carbocycles. The monoisotopic (exact) mass is 392 g/mol. The molecule has 0 aliphatic heterocycles. The van der Waals surface area contributed by atoms with Gasteiger partial charge in [0, 0.05) is 23.5 Å². The average molecular weight is 392 g/mol. The van der Waals surface area contributed by atoms with E-state index < -0.39 is 11.6 Å². The Morgan fingerprint density at radius 3 is 2.32 bits per heavy atom. The molecular weight excluding hydrogens is 366 g/mol. The van der Waals surface area contributed by atoms with Crippen molar-refractivity contribution in [3.05, 3.63) is 53.1 Å². The van der Waals surface area contributed by atoms with Gasteiger partial charge in [0.2, 0.25) is 5.82 Å². The molecule has 0 unspecified atom stereocenters. The SMILES string of the molecule is Cc1c(OCCCCOc2cccc(F)c2F)ccc(CC(=O)C(C)C)c1O. The second-order valence-electron chi connectivity index (χ2n) is 6.95. The minimum atomic E-state index is -0.985. The van der Waals surface area contributed by atoms with E-state index in [2.05, 4.69) is 0 Å². The number of carbonyl (C=O) groups excluding carboxylic acids is 1. The highest BCUT2D eigenvalue weighted by Crippen LogP contribution is 2.31. The van der Waals surface area contributed by atoms with E-state index in [9.17, 15) is 18.7 Å². The quantitative estimate of drug-likeness (QED) is 0.579. The Bertz CT molecular complexity index is 818. The van der Waals surface area contributed by atoms with Crippen LogP contribution in [-0.2, 0) is 11.2 Å². The van der Waals surface area contributed by atoms with Crippen molar-refractivity contribution in [2.24, 2.45) is 5.92 Å². The molecule has 0 radical (unpaired) electrons. The second-order valence-corrected chi connectivity index (χ2v) is 6.95. The molecule has 0 amide bonds. The van der Waals surface area contributed by atoms with Crippen molar-refractivity contribution >= 4 is 5.78 Å². The average Bonchev–Trinajstić information content (AvgIpc) is 2.66. The van der Waals surface area contributed by atoms with Crippen LogP contribution in [0.5, 0.6) is 17.2 Å².